The summed E-state index contributed by atoms with van der Waals surface area (Å²) in [4.78, 5) is 24.8. The number of oxazole rings is 1. The number of aromatic nitrogens is 2. The van der Waals surface area contributed by atoms with E-state index in [9.17, 15) is 4.79 Å². The zero-order valence-electron chi connectivity index (χ0n) is 19.1. The van der Waals surface area contributed by atoms with Gasteiger partial charge in [0.15, 0.2) is 5.58 Å². The van der Waals surface area contributed by atoms with Gasteiger partial charge >= 0.3 is 0 Å². The number of anilines is 1. The van der Waals surface area contributed by atoms with Crippen LogP contribution in [0, 0.1) is 17.8 Å². The molecular formula is C27H26N4O3. The van der Waals surface area contributed by atoms with E-state index < -0.39 is 0 Å². The van der Waals surface area contributed by atoms with Gasteiger partial charge < -0.3 is 19.4 Å². The molecule has 172 valence electrons. The van der Waals surface area contributed by atoms with Gasteiger partial charge in [-0.25, -0.2) is 0 Å². The van der Waals surface area contributed by atoms with Crippen molar-refractivity contribution >= 4 is 23.0 Å². The van der Waals surface area contributed by atoms with E-state index in [0.29, 0.717) is 36.0 Å². The summed E-state index contributed by atoms with van der Waals surface area (Å²) < 4.78 is 11.2. The van der Waals surface area contributed by atoms with Gasteiger partial charge in [0.25, 0.3) is 11.9 Å². The molecule has 2 aromatic heterocycles. The van der Waals surface area contributed by atoms with Crippen LogP contribution in [0.3, 0.4) is 0 Å². The topological polar surface area (TPSA) is 80.5 Å². The molecule has 4 aromatic rings. The van der Waals surface area contributed by atoms with Crippen LogP contribution in [-0.4, -0.2) is 47.0 Å². The number of likely N-dealkylation sites (tertiary alicyclic amines) is 1. The maximum absolute atomic E-state index is 13.8. The quantitative estimate of drug-likeness (QED) is 0.454. The van der Waals surface area contributed by atoms with Crippen LogP contribution in [0.4, 0.5) is 6.01 Å². The molecule has 0 bridgehead atoms. The number of fused-ring (bicyclic) bond motifs is 2. The lowest BCUT2D eigenvalue weighted by molar-refractivity contribution is 0.0699. The van der Waals surface area contributed by atoms with E-state index in [2.05, 4.69) is 22.2 Å². The number of para-hydroxylation sites is 2. The fourth-order valence-corrected chi connectivity index (χ4v) is 5.43. The number of pyridine rings is 1. The van der Waals surface area contributed by atoms with E-state index in [1.54, 1.807) is 13.3 Å². The van der Waals surface area contributed by atoms with Gasteiger partial charge in [-0.05, 0) is 53.6 Å². The highest BCUT2D eigenvalue weighted by molar-refractivity contribution is 5.99. The third-order valence-electron chi connectivity index (χ3n) is 7.30. The van der Waals surface area contributed by atoms with E-state index in [1.807, 2.05) is 65.6 Å². The van der Waals surface area contributed by atoms with Crippen LogP contribution >= 0.6 is 0 Å². The van der Waals surface area contributed by atoms with Gasteiger partial charge in [0, 0.05) is 24.8 Å². The third kappa shape index (κ3) is 3.48. The fourth-order valence-electron chi connectivity index (χ4n) is 5.43. The first-order valence-electron chi connectivity index (χ1n) is 11.6. The highest BCUT2D eigenvalue weighted by atomic mass is 16.5. The number of piperidine rings is 1. The molecule has 1 aliphatic carbocycles. The highest BCUT2D eigenvalue weighted by Crippen LogP contribution is 2.55. The van der Waals surface area contributed by atoms with Crippen LogP contribution < -0.4 is 10.1 Å². The van der Waals surface area contributed by atoms with Crippen molar-refractivity contribution in [2.45, 2.75) is 13.0 Å². The summed E-state index contributed by atoms with van der Waals surface area (Å²) in [6.45, 7) is 3.61. The minimum Gasteiger partial charge on any atom is -0.497 e. The van der Waals surface area contributed by atoms with Crippen LogP contribution in [0.2, 0.25) is 0 Å². The second-order valence-corrected chi connectivity index (χ2v) is 9.12. The van der Waals surface area contributed by atoms with Crippen molar-refractivity contribution in [2.75, 3.05) is 25.5 Å². The first-order valence-corrected chi connectivity index (χ1v) is 11.6. The molecule has 1 saturated carbocycles. The van der Waals surface area contributed by atoms with Crippen LogP contribution in [0.5, 0.6) is 5.75 Å². The van der Waals surface area contributed by atoms with Crippen LogP contribution in [0.1, 0.15) is 17.4 Å². The molecule has 7 heteroatoms. The maximum atomic E-state index is 13.8. The predicted molar refractivity (Wildman–Crippen MR) is 130 cm³/mol. The molecule has 2 fully saturated rings. The SMILES string of the molecule is COc1cccc(-c2cccnc2C(=O)N2C[C@H]3[C@@H](C)[C@H]3[C@H]2CNc2nc3ccccc3o2)c1. The average molecular weight is 455 g/mol. The second-order valence-electron chi connectivity index (χ2n) is 9.12. The Morgan fingerprint density at radius 1 is 1.18 bits per heavy atom. The highest BCUT2D eigenvalue weighted by Gasteiger charge is 2.59. The number of ether oxygens (including phenoxy) is 1. The Labute approximate surface area is 197 Å². The molecular weight excluding hydrogens is 428 g/mol. The Morgan fingerprint density at radius 2 is 2.06 bits per heavy atom. The van der Waals surface area contributed by atoms with Crippen molar-refractivity contribution in [2.24, 2.45) is 17.8 Å². The van der Waals surface area contributed by atoms with E-state index in [1.165, 1.54) is 0 Å². The standard InChI is InChI=1S/C27H26N4O3/c1-16-20-15-31(22(24(16)20)14-29-27-30-21-10-3-4-11-23(21)34-27)26(32)25-19(9-6-12-28-25)17-7-5-8-18(13-17)33-2/h3-13,16,20,22,24H,14-15H2,1-2H3,(H,29,30)/t16-,20+,22-,24-/m1/s1. The Morgan fingerprint density at radius 3 is 2.91 bits per heavy atom. The van der Waals surface area contributed by atoms with E-state index in [4.69, 9.17) is 9.15 Å². The second kappa shape index (κ2) is 8.17. The normalized spacial score (nSPS) is 23.1. The van der Waals surface area contributed by atoms with Crippen molar-refractivity contribution in [3.63, 3.8) is 0 Å². The van der Waals surface area contributed by atoms with Crippen LogP contribution in [0.15, 0.2) is 71.3 Å². The summed E-state index contributed by atoms with van der Waals surface area (Å²) >= 11 is 0. The van der Waals surface area contributed by atoms with Crippen molar-refractivity contribution in [3.8, 4) is 16.9 Å². The van der Waals surface area contributed by atoms with Crippen molar-refractivity contribution in [3.05, 3.63) is 72.6 Å². The Kier molecular flexibility index (Phi) is 4.98. The largest absolute Gasteiger partial charge is 0.497 e. The fraction of sp³-hybridized carbons (Fsp3) is 0.296. The Hall–Kier alpha value is -3.87. The van der Waals surface area contributed by atoms with Gasteiger partial charge in [0.2, 0.25) is 0 Å². The average Bonchev–Trinajstić information content (AvgIpc) is 3.21. The Balaban J connectivity index is 1.26. The van der Waals surface area contributed by atoms with Gasteiger partial charge in [0.05, 0.1) is 13.2 Å². The summed E-state index contributed by atoms with van der Waals surface area (Å²) in [5.74, 6) is 2.33. The zero-order valence-corrected chi connectivity index (χ0v) is 19.1. The molecule has 2 aliphatic rings. The molecule has 2 aromatic carbocycles. The summed E-state index contributed by atoms with van der Waals surface area (Å²) in [5, 5.41) is 3.34. The minimum atomic E-state index is -0.0396. The molecule has 1 aliphatic heterocycles. The molecule has 1 saturated heterocycles. The number of methoxy groups -OCH3 is 1. The molecule has 0 unspecified atom stereocenters. The van der Waals surface area contributed by atoms with Gasteiger partial charge in [-0.3, -0.25) is 9.78 Å². The lowest BCUT2D eigenvalue weighted by Gasteiger charge is -2.29. The molecule has 1 N–H and O–H groups in total. The lowest BCUT2D eigenvalue weighted by Crippen LogP contribution is -2.43. The number of nitrogens with one attached hydrogen (secondary N) is 1. The van der Waals surface area contributed by atoms with Crippen molar-refractivity contribution in [1.82, 2.24) is 14.9 Å². The van der Waals surface area contributed by atoms with Gasteiger partial charge in [0.1, 0.15) is 17.0 Å². The van der Waals surface area contributed by atoms with Gasteiger partial charge in [-0.15, -0.1) is 0 Å². The summed E-state index contributed by atoms with van der Waals surface area (Å²) in [6.07, 6.45) is 1.68. The smallest absolute Gasteiger partial charge is 0.295 e. The van der Waals surface area contributed by atoms with Crippen molar-refractivity contribution < 1.29 is 13.9 Å². The van der Waals surface area contributed by atoms with E-state index in [0.717, 1.165) is 34.5 Å². The summed E-state index contributed by atoms with van der Waals surface area (Å²) in [7, 11) is 1.64. The number of amides is 1. The maximum Gasteiger partial charge on any atom is 0.295 e. The molecule has 1 amide bonds. The third-order valence-corrected chi connectivity index (χ3v) is 7.30. The molecule has 34 heavy (non-hydrogen) atoms. The van der Waals surface area contributed by atoms with E-state index >= 15 is 0 Å². The molecule has 0 spiro atoms. The number of carbonyl (C=O) groups excluding carboxylic acids is 1. The molecule has 6 rings (SSSR count). The monoisotopic (exact) mass is 454 g/mol. The number of nitrogens with zero attached hydrogens (tertiary/aromatic N) is 3. The molecule has 0 radical (unpaired) electrons. The first kappa shape index (κ1) is 20.7. The van der Waals surface area contributed by atoms with Crippen molar-refractivity contribution in [1.29, 1.82) is 0 Å². The molecule has 4 atom stereocenters. The Bertz CT molecular complexity index is 1330. The summed E-state index contributed by atoms with van der Waals surface area (Å²) in [5.41, 5.74) is 3.76. The number of rotatable bonds is 6. The predicted octanol–water partition coefficient (Wildman–Crippen LogP) is 4.72. The zero-order chi connectivity index (χ0) is 23.2. The van der Waals surface area contributed by atoms with E-state index in [-0.39, 0.29) is 11.9 Å². The molecule has 7 nitrogen and oxygen atoms in total. The van der Waals surface area contributed by atoms with Gasteiger partial charge in [-0.2, -0.15) is 4.98 Å². The molecule has 3 heterocycles. The van der Waals surface area contributed by atoms with Crippen LogP contribution in [0.25, 0.3) is 22.2 Å². The van der Waals surface area contributed by atoms with Gasteiger partial charge in [-0.1, -0.05) is 37.3 Å². The number of benzene rings is 2. The number of hydrogen-bond acceptors (Lipinski definition) is 6. The summed E-state index contributed by atoms with van der Waals surface area (Å²) in [6, 6.07) is 19.8. The first-order chi connectivity index (χ1) is 16.6. The minimum absolute atomic E-state index is 0.0396. The lowest BCUT2D eigenvalue weighted by atomic mass is 10.0. The number of hydrogen-bond donors (Lipinski definition) is 1. The van der Waals surface area contributed by atoms with Crippen LogP contribution in [-0.2, 0) is 0 Å². The number of carbonyl (C=O) groups is 1.